The van der Waals surface area contributed by atoms with Gasteiger partial charge in [0.2, 0.25) is 10.0 Å². The largest absolute Gasteiger partial charge is 0.346 e. The summed E-state index contributed by atoms with van der Waals surface area (Å²) in [6.07, 6.45) is 8.97. The fraction of sp³-hybridized carbons (Fsp3) is 0.333. The molecule has 0 N–H and O–H groups in total. The number of benzene rings is 2. The minimum Gasteiger partial charge on any atom is -0.346 e. The fourth-order valence-electron chi connectivity index (χ4n) is 4.48. The second-order valence-corrected chi connectivity index (χ2v) is 10.4. The number of sulfonamides is 1. The van der Waals surface area contributed by atoms with E-state index in [0.29, 0.717) is 6.54 Å². The van der Waals surface area contributed by atoms with E-state index in [2.05, 4.69) is 29.7 Å². The molecule has 1 aromatic heterocycles. The Hall–Kier alpha value is -2.63. The van der Waals surface area contributed by atoms with Gasteiger partial charge in [-0.3, -0.25) is 0 Å². The maximum atomic E-state index is 13.5. The first-order chi connectivity index (χ1) is 15.5. The minimum absolute atomic E-state index is 0.0518. The molecule has 0 amide bonds. The molecule has 1 aliphatic carbocycles. The molecule has 0 radical (unpaired) electrons. The maximum absolute atomic E-state index is 13.5. The van der Waals surface area contributed by atoms with Gasteiger partial charge >= 0.3 is 0 Å². The van der Waals surface area contributed by atoms with Crippen LogP contribution in [0.4, 0.5) is 0 Å². The quantitative estimate of drug-likeness (QED) is 0.425. The molecule has 0 atom stereocenters. The second-order valence-electron chi connectivity index (χ2n) is 8.65. The van der Waals surface area contributed by atoms with Gasteiger partial charge < -0.3 is 4.57 Å². The molecule has 4 nitrogen and oxygen atoms in total. The average Bonchev–Trinajstić information content (AvgIpc) is 3.25. The van der Waals surface area contributed by atoms with Crippen molar-refractivity contribution in [2.75, 3.05) is 0 Å². The Kier molecular flexibility index (Phi) is 7.28. The lowest BCUT2D eigenvalue weighted by molar-refractivity contribution is 0.246. The van der Waals surface area contributed by atoms with E-state index in [1.807, 2.05) is 54.7 Å². The topological polar surface area (TPSA) is 42.3 Å². The molecule has 1 aliphatic rings. The first-order valence-electron chi connectivity index (χ1n) is 11.5. The molecular formula is C27H32N2O2S. The second kappa shape index (κ2) is 10.3. The molecule has 1 saturated carbocycles. The SMILES string of the molecule is Cc1ccccc1Cn1cccc1CN(C1CCCCC1)S(=O)(=O)/C=C/c1ccccc1. The number of nitrogens with zero attached hydrogens (tertiary/aromatic N) is 2. The standard InChI is InChI=1S/C27H32N2O2S/c1-23-11-8-9-14-25(23)21-28-19-10-17-27(28)22-29(26-15-6-3-7-16-26)32(30,31)20-18-24-12-4-2-5-13-24/h2,4-5,8-14,17-20,26H,3,6-7,15-16,21-22H2,1H3/b20-18+. The molecule has 2 aromatic carbocycles. The van der Waals surface area contributed by atoms with Gasteiger partial charge in [0.25, 0.3) is 0 Å². The Labute approximate surface area is 192 Å². The summed E-state index contributed by atoms with van der Waals surface area (Å²) in [6.45, 7) is 3.25. The predicted molar refractivity (Wildman–Crippen MR) is 132 cm³/mol. The van der Waals surface area contributed by atoms with Gasteiger partial charge in [-0.1, -0.05) is 73.9 Å². The van der Waals surface area contributed by atoms with Crippen LogP contribution in [0.1, 0.15) is 54.5 Å². The molecule has 0 spiro atoms. The Morgan fingerprint density at radius 2 is 1.66 bits per heavy atom. The molecular weight excluding hydrogens is 416 g/mol. The predicted octanol–water partition coefficient (Wildman–Crippen LogP) is 5.98. The van der Waals surface area contributed by atoms with Crippen LogP contribution in [0.15, 0.2) is 78.3 Å². The van der Waals surface area contributed by atoms with Crippen LogP contribution in [0.25, 0.3) is 6.08 Å². The zero-order chi connectivity index (χ0) is 22.4. The van der Waals surface area contributed by atoms with Crippen LogP contribution in [0, 0.1) is 6.92 Å². The van der Waals surface area contributed by atoms with Crippen LogP contribution >= 0.6 is 0 Å². The lowest BCUT2D eigenvalue weighted by atomic mass is 9.95. The van der Waals surface area contributed by atoms with Crippen molar-refractivity contribution in [3.05, 3.63) is 101 Å². The fourth-order valence-corrected chi connectivity index (χ4v) is 5.90. The van der Waals surface area contributed by atoms with Gasteiger partial charge in [0.15, 0.2) is 0 Å². The first kappa shape index (κ1) is 22.6. The summed E-state index contributed by atoms with van der Waals surface area (Å²) in [5.74, 6) is 0. The third kappa shape index (κ3) is 5.59. The van der Waals surface area contributed by atoms with Crippen LogP contribution in [0.5, 0.6) is 0 Å². The van der Waals surface area contributed by atoms with E-state index in [9.17, 15) is 8.42 Å². The Morgan fingerprint density at radius 1 is 0.938 bits per heavy atom. The van der Waals surface area contributed by atoms with Gasteiger partial charge in [-0.2, -0.15) is 4.31 Å². The molecule has 168 valence electrons. The normalized spacial score (nSPS) is 15.6. The highest BCUT2D eigenvalue weighted by Gasteiger charge is 2.30. The Balaban J connectivity index is 1.60. The number of aryl methyl sites for hydroxylation is 1. The first-order valence-corrected chi connectivity index (χ1v) is 13.0. The highest BCUT2D eigenvalue weighted by Crippen LogP contribution is 2.28. The van der Waals surface area contributed by atoms with Crippen molar-refractivity contribution < 1.29 is 8.42 Å². The molecule has 3 aromatic rings. The van der Waals surface area contributed by atoms with Crippen molar-refractivity contribution in [1.29, 1.82) is 0 Å². The number of hydrogen-bond donors (Lipinski definition) is 0. The van der Waals surface area contributed by atoms with Crippen molar-refractivity contribution in [1.82, 2.24) is 8.87 Å². The summed E-state index contributed by atoms with van der Waals surface area (Å²) in [7, 11) is -3.55. The summed E-state index contributed by atoms with van der Waals surface area (Å²) in [5, 5.41) is 1.38. The molecule has 4 rings (SSSR count). The van der Waals surface area contributed by atoms with Crippen molar-refractivity contribution in [2.24, 2.45) is 0 Å². The van der Waals surface area contributed by atoms with E-state index >= 15 is 0 Å². The zero-order valence-electron chi connectivity index (χ0n) is 18.7. The molecule has 0 bridgehead atoms. The summed E-state index contributed by atoms with van der Waals surface area (Å²) < 4.78 is 30.9. The highest BCUT2D eigenvalue weighted by molar-refractivity contribution is 7.92. The molecule has 0 unspecified atom stereocenters. The molecule has 5 heteroatoms. The molecule has 1 heterocycles. The Morgan fingerprint density at radius 3 is 2.41 bits per heavy atom. The van der Waals surface area contributed by atoms with Gasteiger partial charge in [-0.05, 0) is 54.7 Å². The summed E-state index contributed by atoms with van der Waals surface area (Å²) in [4.78, 5) is 0. The van der Waals surface area contributed by atoms with E-state index in [1.165, 1.54) is 23.0 Å². The van der Waals surface area contributed by atoms with E-state index < -0.39 is 10.0 Å². The highest BCUT2D eigenvalue weighted by atomic mass is 32.2. The van der Waals surface area contributed by atoms with Gasteiger partial charge in [0.1, 0.15) is 0 Å². The van der Waals surface area contributed by atoms with Crippen LogP contribution in [0.3, 0.4) is 0 Å². The van der Waals surface area contributed by atoms with Gasteiger partial charge in [-0.25, -0.2) is 8.42 Å². The van der Waals surface area contributed by atoms with Crippen molar-refractivity contribution in [3.8, 4) is 0 Å². The van der Waals surface area contributed by atoms with Crippen molar-refractivity contribution in [2.45, 2.75) is 58.2 Å². The third-order valence-corrected chi connectivity index (χ3v) is 7.95. The van der Waals surface area contributed by atoms with E-state index in [-0.39, 0.29) is 6.04 Å². The lowest BCUT2D eigenvalue weighted by Crippen LogP contribution is -2.40. The average molecular weight is 449 g/mol. The minimum atomic E-state index is -3.55. The van der Waals surface area contributed by atoms with Crippen molar-refractivity contribution in [3.63, 3.8) is 0 Å². The third-order valence-electron chi connectivity index (χ3n) is 6.38. The number of aromatic nitrogens is 1. The molecule has 0 aliphatic heterocycles. The van der Waals surface area contributed by atoms with Crippen LogP contribution in [-0.4, -0.2) is 23.3 Å². The summed E-state index contributed by atoms with van der Waals surface area (Å²) in [6, 6.07) is 22.1. The maximum Gasteiger partial charge on any atom is 0.236 e. The van der Waals surface area contributed by atoms with Crippen LogP contribution < -0.4 is 0 Å². The van der Waals surface area contributed by atoms with Gasteiger partial charge in [0, 0.05) is 29.9 Å². The molecule has 0 saturated heterocycles. The van der Waals surface area contributed by atoms with Gasteiger partial charge in [0.05, 0.1) is 6.54 Å². The monoisotopic (exact) mass is 448 g/mol. The number of rotatable bonds is 8. The van der Waals surface area contributed by atoms with Gasteiger partial charge in [-0.15, -0.1) is 0 Å². The van der Waals surface area contributed by atoms with Crippen LogP contribution in [0.2, 0.25) is 0 Å². The summed E-state index contributed by atoms with van der Waals surface area (Å²) in [5.41, 5.74) is 4.41. The number of hydrogen-bond acceptors (Lipinski definition) is 2. The lowest BCUT2D eigenvalue weighted by Gasteiger charge is -2.32. The Bertz CT molecular complexity index is 1140. The molecule has 1 fully saturated rings. The van der Waals surface area contributed by atoms with E-state index in [1.54, 1.807) is 10.4 Å². The van der Waals surface area contributed by atoms with Crippen molar-refractivity contribution >= 4 is 16.1 Å². The summed E-state index contributed by atoms with van der Waals surface area (Å²) >= 11 is 0. The zero-order valence-corrected chi connectivity index (χ0v) is 19.5. The van der Waals surface area contributed by atoms with Crippen LogP contribution in [-0.2, 0) is 23.1 Å². The smallest absolute Gasteiger partial charge is 0.236 e. The van der Waals surface area contributed by atoms with E-state index in [0.717, 1.165) is 43.5 Å². The molecule has 32 heavy (non-hydrogen) atoms. The van der Waals surface area contributed by atoms with E-state index in [4.69, 9.17) is 0 Å².